The van der Waals surface area contributed by atoms with Gasteiger partial charge >= 0.3 is 0 Å². The Morgan fingerprint density at radius 1 is 1.00 bits per heavy atom. The number of aryl methyl sites for hydroxylation is 2. The Kier molecular flexibility index (Phi) is 6.43. The number of sulfonamides is 1. The van der Waals surface area contributed by atoms with Crippen LogP contribution in [0, 0.1) is 12.7 Å². The predicted molar refractivity (Wildman–Crippen MR) is 153 cm³/mol. The van der Waals surface area contributed by atoms with Crippen LogP contribution in [-0.2, 0) is 28.9 Å². The average Bonchev–Trinajstić information content (AvgIpc) is 3.56. The highest BCUT2D eigenvalue weighted by atomic mass is 32.2. The maximum absolute atomic E-state index is 13.6. The van der Waals surface area contributed by atoms with Gasteiger partial charge in [-0.1, -0.05) is 30.3 Å². The van der Waals surface area contributed by atoms with E-state index in [4.69, 9.17) is 0 Å². The summed E-state index contributed by atoms with van der Waals surface area (Å²) in [6.45, 7) is 2.72. The number of rotatable bonds is 6. The van der Waals surface area contributed by atoms with E-state index in [9.17, 15) is 17.6 Å². The first-order chi connectivity index (χ1) is 19.2. The molecule has 1 aliphatic heterocycles. The largest absolute Gasteiger partial charge is 0.316 e. The summed E-state index contributed by atoms with van der Waals surface area (Å²) in [6.07, 6.45) is 4.87. The van der Waals surface area contributed by atoms with Crippen molar-refractivity contribution >= 4 is 20.9 Å². The van der Waals surface area contributed by atoms with Gasteiger partial charge in [-0.15, -0.1) is 0 Å². The molecule has 0 saturated carbocycles. The molecule has 7 nitrogen and oxygen atoms in total. The van der Waals surface area contributed by atoms with Crippen molar-refractivity contribution in [2.45, 2.75) is 30.1 Å². The number of fused-ring (bicyclic) bond motifs is 1. The van der Waals surface area contributed by atoms with Gasteiger partial charge in [0, 0.05) is 43.2 Å². The van der Waals surface area contributed by atoms with Crippen molar-refractivity contribution in [1.29, 1.82) is 0 Å². The van der Waals surface area contributed by atoms with E-state index < -0.39 is 21.3 Å². The zero-order valence-corrected chi connectivity index (χ0v) is 23.1. The number of benzene rings is 3. The lowest BCUT2D eigenvalue weighted by Gasteiger charge is -2.32. The number of nitrogens with zero attached hydrogens (tertiary/aromatic N) is 4. The topological polar surface area (TPSA) is 77.2 Å². The van der Waals surface area contributed by atoms with Crippen LogP contribution in [0.2, 0.25) is 0 Å². The van der Waals surface area contributed by atoms with Crippen molar-refractivity contribution in [1.82, 2.24) is 18.7 Å². The summed E-state index contributed by atoms with van der Waals surface area (Å²) in [4.78, 5) is 12.0. The van der Waals surface area contributed by atoms with E-state index in [0.717, 1.165) is 33.3 Å². The van der Waals surface area contributed by atoms with Crippen molar-refractivity contribution in [2.24, 2.45) is 7.05 Å². The third kappa shape index (κ3) is 4.55. The minimum absolute atomic E-state index is 0.0927. The van der Waals surface area contributed by atoms with Crippen LogP contribution in [0.1, 0.15) is 23.1 Å². The molecule has 0 radical (unpaired) electrons. The molecule has 3 heterocycles. The number of halogens is 1. The van der Waals surface area contributed by atoms with Crippen LogP contribution in [0.5, 0.6) is 0 Å². The Morgan fingerprint density at radius 3 is 2.48 bits per heavy atom. The van der Waals surface area contributed by atoms with E-state index in [1.807, 2.05) is 29.1 Å². The Labute approximate surface area is 232 Å². The van der Waals surface area contributed by atoms with Gasteiger partial charge in [-0.25, -0.2) is 17.5 Å². The van der Waals surface area contributed by atoms with Crippen molar-refractivity contribution in [2.75, 3.05) is 13.1 Å². The molecule has 40 heavy (non-hydrogen) atoms. The minimum atomic E-state index is -3.80. The van der Waals surface area contributed by atoms with E-state index >= 15 is 0 Å². The van der Waals surface area contributed by atoms with E-state index in [-0.39, 0.29) is 10.5 Å². The van der Waals surface area contributed by atoms with Crippen LogP contribution >= 0.6 is 0 Å². The maximum atomic E-state index is 13.6. The molecule has 1 atom stereocenters. The molecule has 3 aromatic carbocycles. The standard InChI is InChI=1S/C31H29FN4O3S/c1-22-16-29-24(19-33-36(29)26-10-13-30(37)34(2)20-26)17-28(22)31(18-23-6-4-3-5-7-23)14-15-35(21-31)40(38,39)27-11-8-25(32)9-12-27/h3-13,16-17,19-20H,14-15,18,21H2,1-2H3. The fourth-order valence-corrected chi connectivity index (χ4v) is 7.43. The fourth-order valence-electron chi connectivity index (χ4n) is 5.90. The van der Waals surface area contributed by atoms with Gasteiger partial charge < -0.3 is 4.57 Å². The Morgan fingerprint density at radius 2 is 1.75 bits per heavy atom. The molecule has 0 N–H and O–H groups in total. The third-order valence-corrected chi connectivity index (χ3v) is 9.82. The molecular formula is C31H29FN4O3S. The first-order valence-corrected chi connectivity index (χ1v) is 14.6. The van der Waals surface area contributed by atoms with Gasteiger partial charge in [0.05, 0.1) is 22.3 Å². The Bertz CT molecular complexity index is 1880. The van der Waals surface area contributed by atoms with Crippen LogP contribution in [-0.4, -0.2) is 40.2 Å². The van der Waals surface area contributed by atoms with Crippen LogP contribution in [0.3, 0.4) is 0 Å². The van der Waals surface area contributed by atoms with Crippen LogP contribution in [0.4, 0.5) is 4.39 Å². The molecule has 1 aliphatic rings. The highest BCUT2D eigenvalue weighted by Crippen LogP contribution is 2.42. The molecule has 204 valence electrons. The summed E-state index contributed by atoms with van der Waals surface area (Å²) in [5, 5.41) is 5.55. The first-order valence-electron chi connectivity index (χ1n) is 13.1. The summed E-state index contributed by atoms with van der Waals surface area (Å²) >= 11 is 0. The van der Waals surface area contributed by atoms with Crippen molar-refractivity contribution < 1.29 is 12.8 Å². The SMILES string of the molecule is Cc1cc2c(cnn2-c2ccc(=O)n(C)c2)cc1C1(Cc2ccccc2)CCN(S(=O)(=O)c2ccc(F)cc2)C1. The van der Waals surface area contributed by atoms with Gasteiger partial charge in [0.15, 0.2) is 0 Å². The smallest absolute Gasteiger partial charge is 0.250 e. The number of aromatic nitrogens is 3. The molecule has 0 amide bonds. The average molecular weight is 557 g/mol. The number of pyridine rings is 1. The molecule has 6 rings (SSSR count). The molecule has 0 aliphatic carbocycles. The molecule has 5 aromatic rings. The molecule has 1 unspecified atom stereocenters. The second-order valence-electron chi connectivity index (χ2n) is 10.6. The van der Waals surface area contributed by atoms with Gasteiger partial charge in [-0.05, 0) is 78.9 Å². The minimum Gasteiger partial charge on any atom is -0.316 e. The highest BCUT2D eigenvalue weighted by molar-refractivity contribution is 7.89. The Hall–Kier alpha value is -4.08. The van der Waals surface area contributed by atoms with Crippen molar-refractivity contribution in [3.05, 3.63) is 124 Å². The molecule has 9 heteroatoms. The lowest BCUT2D eigenvalue weighted by molar-refractivity contribution is 0.413. The normalized spacial score (nSPS) is 18.0. The fraction of sp³-hybridized carbons (Fsp3) is 0.226. The molecule has 0 spiro atoms. The second-order valence-corrected chi connectivity index (χ2v) is 12.5. The van der Waals surface area contributed by atoms with Gasteiger partial charge in [0.1, 0.15) is 5.82 Å². The van der Waals surface area contributed by atoms with Crippen LogP contribution in [0.15, 0.2) is 101 Å². The molecule has 2 aromatic heterocycles. The highest BCUT2D eigenvalue weighted by Gasteiger charge is 2.45. The number of hydrogen-bond acceptors (Lipinski definition) is 4. The second kappa shape index (κ2) is 9.83. The van der Waals surface area contributed by atoms with Crippen molar-refractivity contribution in [3.63, 3.8) is 0 Å². The van der Waals surface area contributed by atoms with E-state index in [1.165, 1.54) is 39.2 Å². The summed E-state index contributed by atoms with van der Waals surface area (Å²) in [6, 6.07) is 22.6. The predicted octanol–water partition coefficient (Wildman–Crippen LogP) is 4.75. The molecule has 0 bridgehead atoms. The molecular weight excluding hydrogens is 527 g/mol. The first kappa shape index (κ1) is 26.2. The van der Waals surface area contributed by atoms with Gasteiger partial charge in [0.25, 0.3) is 0 Å². The molecule has 1 saturated heterocycles. The third-order valence-electron chi connectivity index (χ3n) is 7.96. The lowest BCUT2D eigenvalue weighted by atomic mass is 9.73. The summed E-state index contributed by atoms with van der Waals surface area (Å²) in [5.74, 6) is -0.471. The van der Waals surface area contributed by atoms with E-state index in [0.29, 0.717) is 25.9 Å². The quantitative estimate of drug-likeness (QED) is 0.303. The monoisotopic (exact) mass is 556 g/mol. The van der Waals surface area contributed by atoms with Crippen molar-refractivity contribution in [3.8, 4) is 5.69 Å². The van der Waals surface area contributed by atoms with E-state index in [2.05, 4.69) is 36.3 Å². The zero-order chi connectivity index (χ0) is 28.1. The van der Waals surface area contributed by atoms with Gasteiger partial charge in [0.2, 0.25) is 15.6 Å². The Balaban J connectivity index is 1.44. The lowest BCUT2D eigenvalue weighted by Crippen LogP contribution is -2.36. The van der Waals surface area contributed by atoms with Crippen LogP contribution in [0.25, 0.3) is 16.6 Å². The zero-order valence-electron chi connectivity index (χ0n) is 22.3. The van der Waals surface area contributed by atoms with Gasteiger partial charge in [-0.3, -0.25) is 4.79 Å². The number of hydrogen-bond donors (Lipinski definition) is 0. The molecule has 1 fully saturated rings. The summed E-state index contributed by atoms with van der Waals surface area (Å²) in [5.41, 5.74) is 4.37. The van der Waals surface area contributed by atoms with Crippen LogP contribution < -0.4 is 5.56 Å². The maximum Gasteiger partial charge on any atom is 0.250 e. The van der Waals surface area contributed by atoms with E-state index in [1.54, 1.807) is 19.3 Å². The summed E-state index contributed by atoms with van der Waals surface area (Å²) < 4.78 is 45.6. The summed E-state index contributed by atoms with van der Waals surface area (Å²) in [7, 11) is -2.09. The van der Waals surface area contributed by atoms with Gasteiger partial charge in [-0.2, -0.15) is 9.40 Å².